The van der Waals surface area contributed by atoms with Gasteiger partial charge < -0.3 is 0 Å². The summed E-state index contributed by atoms with van der Waals surface area (Å²) in [4.78, 5) is 13.2. The number of Topliss-reactive ketones (excluding diaryl/α,β-unsaturated/α-hetero) is 1. The monoisotopic (exact) mass is 358 g/mol. The highest BCUT2D eigenvalue weighted by molar-refractivity contribution is 6.14. The van der Waals surface area contributed by atoms with Gasteiger partial charge in [-0.3, -0.25) is 4.79 Å². The Morgan fingerprint density at radius 2 is 1.11 bits per heavy atom. The minimum atomic E-state index is 0.166. The van der Waals surface area contributed by atoms with E-state index >= 15 is 0 Å². The number of rotatable bonds is 2. The Balaban J connectivity index is 1.99. The molecule has 0 aliphatic heterocycles. The summed E-state index contributed by atoms with van der Waals surface area (Å²) < 4.78 is 0. The number of hydrogen-bond donors (Lipinski definition) is 0. The van der Waals surface area contributed by atoms with Gasteiger partial charge in [-0.25, -0.2) is 0 Å². The molecular formula is C26H30O. The predicted octanol–water partition coefficient (Wildman–Crippen LogP) is 6.80. The molecule has 0 bridgehead atoms. The molecule has 0 heterocycles. The minimum Gasteiger partial charge on any atom is -0.289 e. The molecule has 0 aromatic heterocycles. The van der Waals surface area contributed by atoms with Crippen LogP contribution in [0.5, 0.6) is 0 Å². The summed E-state index contributed by atoms with van der Waals surface area (Å²) in [5, 5.41) is 0. The van der Waals surface area contributed by atoms with Gasteiger partial charge in [-0.2, -0.15) is 0 Å². The Labute approximate surface area is 163 Å². The van der Waals surface area contributed by atoms with Crippen LogP contribution in [0, 0.1) is 25.2 Å². The van der Waals surface area contributed by atoms with Gasteiger partial charge in [-0.05, 0) is 61.3 Å². The molecule has 1 heteroatoms. The van der Waals surface area contributed by atoms with Gasteiger partial charge in [0.2, 0.25) is 0 Å². The van der Waals surface area contributed by atoms with Crippen molar-refractivity contribution >= 4 is 17.9 Å². The molecule has 1 atom stereocenters. The maximum atomic E-state index is 13.2. The molecule has 0 spiro atoms. The van der Waals surface area contributed by atoms with Crippen LogP contribution >= 0.6 is 0 Å². The number of carbonyl (C=O) groups excluding carboxylic acids is 1. The van der Waals surface area contributed by atoms with Crippen LogP contribution < -0.4 is 0 Å². The van der Waals surface area contributed by atoms with E-state index < -0.39 is 0 Å². The van der Waals surface area contributed by atoms with Gasteiger partial charge >= 0.3 is 0 Å². The normalized spacial score (nSPS) is 21.1. The fraction of sp³-hybridized carbons (Fsp3) is 0.346. The number of carbonyl (C=O) groups is 1. The summed E-state index contributed by atoms with van der Waals surface area (Å²) in [5.74, 6) is 0.667. The number of hydrogen-bond acceptors (Lipinski definition) is 1. The molecule has 0 amide bonds. The van der Waals surface area contributed by atoms with E-state index in [9.17, 15) is 4.79 Å². The first-order valence-corrected chi connectivity index (χ1v) is 9.81. The third-order valence-electron chi connectivity index (χ3n) is 5.58. The van der Waals surface area contributed by atoms with Crippen molar-refractivity contribution in [2.75, 3.05) is 0 Å². The van der Waals surface area contributed by atoms with Crippen LogP contribution in [0.25, 0.3) is 12.2 Å². The Hall–Kier alpha value is -2.41. The molecule has 1 fully saturated rings. The lowest BCUT2D eigenvalue weighted by Crippen LogP contribution is -2.29. The van der Waals surface area contributed by atoms with Crippen LogP contribution in [0.3, 0.4) is 0 Å². The summed E-state index contributed by atoms with van der Waals surface area (Å²) in [7, 11) is 0. The third kappa shape index (κ3) is 4.86. The fourth-order valence-corrected chi connectivity index (χ4v) is 3.58. The Morgan fingerprint density at radius 1 is 0.741 bits per heavy atom. The van der Waals surface area contributed by atoms with Crippen LogP contribution in [-0.4, -0.2) is 5.78 Å². The summed E-state index contributed by atoms with van der Waals surface area (Å²) in [6, 6.07) is 16.8. The van der Waals surface area contributed by atoms with Gasteiger partial charge in [0.1, 0.15) is 0 Å². The lowest BCUT2D eigenvalue weighted by molar-refractivity contribution is -0.113. The molecule has 1 saturated carbocycles. The Bertz CT molecular complexity index is 804. The largest absolute Gasteiger partial charge is 0.289 e. The zero-order chi connectivity index (χ0) is 19.6. The number of ketones is 1. The quantitative estimate of drug-likeness (QED) is 0.540. The maximum Gasteiger partial charge on any atom is 0.185 e. The number of benzene rings is 2. The minimum absolute atomic E-state index is 0.166. The van der Waals surface area contributed by atoms with E-state index in [0.717, 1.165) is 35.1 Å². The van der Waals surface area contributed by atoms with E-state index in [4.69, 9.17) is 0 Å². The first kappa shape index (κ1) is 19.4. The van der Waals surface area contributed by atoms with Crippen molar-refractivity contribution in [2.24, 2.45) is 11.3 Å². The zero-order valence-electron chi connectivity index (χ0n) is 17.2. The number of aryl methyl sites for hydroxylation is 2. The van der Waals surface area contributed by atoms with Crippen molar-refractivity contribution in [1.82, 2.24) is 0 Å². The summed E-state index contributed by atoms with van der Waals surface area (Å²) in [5.41, 5.74) is 6.71. The van der Waals surface area contributed by atoms with Crippen molar-refractivity contribution in [2.45, 2.75) is 47.5 Å². The average Bonchev–Trinajstić information content (AvgIpc) is 2.61. The lowest BCUT2D eigenvalue weighted by atomic mass is 9.68. The molecule has 0 radical (unpaired) electrons. The molecule has 1 unspecified atom stereocenters. The number of allylic oxidation sites excluding steroid dienone is 2. The molecule has 1 aliphatic rings. The second kappa shape index (κ2) is 7.68. The zero-order valence-corrected chi connectivity index (χ0v) is 17.2. The molecule has 140 valence electrons. The van der Waals surface area contributed by atoms with E-state index in [1.165, 1.54) is 11.1 Å². The standard InChI is InChI=1S/C26H30O/c1-18-6-10-20(11-7-18)14-22-16-24(26(3,4)5)17-23(25(22)27)15-21-12-8-19(2)9-13-21/h6-15,24H,16-17H2,1-5H3/b22-14+,23-15?. The van der Waals surface area contributed by atoms with E-state index in [-0.39, 0.29) is 11.2 Å². The first-order valence-electron chi connectivity index (χ1n) is 9.81. The second-order valence-electron chi connectivity index (χ2n) is 8.96. The highest BCUT2D eigenvalue weighted by atomic mass is 16.1. The first-order chi connectivity index (χ1) is 12.7. The van der Waals surface area contributed by atoms with Gasteiger partial charge in [0.25, 0.3) is 0 Å². The van der Waals surface area contributed by atoms with Crippen LogP contribution in [0.4, 0.5) is 0 Å². The van der Waals surface area contributed by atoms with E-state index in [1.807, 2.05) is 0 Å². The highest BCUT2D eigenvalue weighted by Crippen LogP contribution is 2.41. The Kier molecular flexibility index (Phi) is 5.51. The molecule has 1 aliphatic carbocycles. The molecular weight excluding hydrogens is 328 g/mol. The van der Waals surface area contributed by atoms with Crippen molar-refractivity contribution in [1.29, 1.82) is 0 Å². The lowest BCUT2D eigenvalue weighted by Gasteiger charge is -2.35. The second-order valence-corrected chi connectivity index (χ2v) is 8.96. The van der Waals surface area contributed by atoms with Crippen LogP contribution in [-0.2, 0) is 4.79 Å². The van der Waals surface area contributed by atoms with Gasteiger partial charge in [0.15, 0.2) is 5.78 Å². The highest BCUT2D eigenvalue weighted by Gasteiger charge is 2.34. The molecule has 27 heavy (non-hydrogen) atoms. The molecule has 2 aromatic carbocycles. The van der Waals surface area contributed by atoms with Gasteiger partial charge in [-0.15, -0.1) is 0 Å². The SMILES string of the molecule is Cc1ccc(C=C2CC(C(C)(C)C)C/C(=C\c3ccc(C)cc3)C2=O)cc1. The van der Waals surface area contributed by atoms with Gasteiger partial charge in [0.05, 0.1) is 0 Å². The topological polar surface area (TPSA) is 17.1 Å². The van der Waals surface area contributed by atoms with Crippen LogP contribution in [0.1, 0.15) is 55.9 Å². The molecule has 1 nitrogen and oxygen atoms in total. The van der Waals surface area contributed by atoms with Crippen molar-refractivity contribution in [3.8, 4) is 0 Å². The fourth-order valence-electron chi connectivity index (χ4n) is 3.58. The average molecular weight is 359 g/mol. The van der Waals surface area contributed by atoms with E-state index in [0.29, 0.717) is 5.92 Å². The summed E-state index contributed by atoms with van der Waals surface area (Å²) in [6.45, 7) is 11.0. The van der Waals surface area contributed by atoms with Gasteiger partial charge in [-0.1, -0.05) is 80.4 Å². The molecule has 3 rings (SSSR count). The molecule has 0 saturated heterocycles. The maximum absolute atomic E-state index is 13.2. The summed E-state index contributed by atoms with van der Waals surface area (Å²) in [6.07, 6.45) is 5.87. The van der Waals surface area contributed by atoms with Gasteiger partial charge in [0, 0.05) is 11.1 Å². The van der Waals surface area contributed by atoms with Crippen molar-refractivity contribution < 1.29 is 4.79 Å². The third-order valence-corrected chi connectivity index (χ3v) is 5.58. The molecule has 0 N–H and O–H groups in total. The smallest absolute Gasteiger partial charge is 0.185 e. The van der Waals surface area contributed by atoms with Crippen molar-refractivity contribution in [3.05, 3.63) is 81.9 Å². The van der Waals surface area contributed by atoms with E-state index in [1.54, 1.807) is 0 Å². The Morgan fingerprint density at radius 3 is 1.44 bits per heavy atom. The van der Waals surface area contributed by atoms with Crippen LogP contribution in [0.2, 0.25) is 0 Å². The van der Waals surface area contributed by atoms with E-state index in [2.05, 4.69) is 95.3 Å². The molecule has 2 aromatic rings. The van der Waals surface area contributed by atoms with Crippen LogP contribution in [0.15, 0.2) is 59.7 Å². The predicted molar refractivity (Wildman–Crippen MR) is 115 cm³/mol. The van der Waals surface area contributed by atoms with Crippen molar-refractivity contribution in [3.63, 3.8) is 0 Å². The summed E-state index contributed by atoms with van der Waals surface area (Å²) >= 11 is 0.